The molecule has 1 N–H and O–H groups in total. The maximum Gasteiger partial charge on any atom is 0.309 e. The fraction of sp³-hybridized carbons (Fsp3) is 0.517. The lowest BCUT2D eigenvalue weighted by atomic mass is 9.79. The van der Waals surface area contributed by atoms with Crippen molar-refractivity contribution < 1.29 is 23.8 Å². The number of hydrogen-bond donors (Lipinski definition) is 1. The summed E-state index contributed by atoms with van der Waals surface area (Å²) in [6.07, 6.45) is 10.5. The molecule has 1 saturated heterocycles. The van der Waals surface area contributed by atoms with Gasteiger partial charge in [0.2, 0.25) is 5.91 Å². The lowest BCUT2D eigenvalue weighted by Gasteiger charge is -2.30. The monoisotopic (exact) mass is 496 g/mol. The molecule has 2 aliphatic heterocycles. The number of allylic oxidation sites excluding steroid dienone is 3. The smallest absolute Gasteiger partial charge is 0.309 e. The highest BCUT2D eigenvalue weighted by molar-refractivity contribution is 5.79. The van der Waals surface area contributed by atoms with E-state index >= 15 is 0 Å². The second-order valence-corrected chi connectivity index (χ2v) is 9.97. The lowest BCUT2D eigenvalue weighted by Crippen LogP contribution is -2.42. The van der Waals surface area contributed by atoms with Crippen molar-refractivity contribution in [2.24, 2.45) is 11.8 Å². The number of carboxylic acids is 1. The number of unbranched alkanes of at least 4 members (excludes halogenated alkanes) is 2. The Bertz CT molecular complexity index is 1040. The number of fused-ring (bicyclic) bond motifs is 1. The van der Waals surface area contributed by atoms with Crippen LogP contribution in [-0.4, -0.2) is 59.6 Å². The molecular formula is C29H37FN2O4. The molecule has 0 saturated carbocycles. The van der Waals surface area contributed by atoms with E-state index in [1.54, 1.807) is 12.1 Å². The molecule has 0 radical (unpaired) electrons. The molecule has 7 heteroatoms. The highest BCUT2D eigenvalue weighted by atomic mass is 19.1. The quantitative estimate of drug-likeness (QED) is 0.462. The minimum atomic E-state index is -0.898. The molecule has 3 atom stereocenters. The number of aliphatic carboxylic acids is 1. The Morgan fingerprint density at radius 2 is 1.81 bits per heavy atom. The first-order valence-corrected chi connectivity index (χ1v) is 13.2. The van der Waals surface area contributed by atoms with Crippen LogP contribution in [0.5, 0.6) is 0 Å². The summed E-state index contributed by atoms with van der Waals surface area (Å²) in [5.74, 6) is -1.38. The number of rotatable bonds is 11. The van der Waals surface area contributed by atoms with Crippen LogP contribution < -0.4 is 0 Å². The predicted octanol–water partition coefficient (Wildman–Crippen LogP) is 5.10. The van der Waals surface area contributed by atoms with Crippen LogP contribution in [0.1, 0.15) is 57.6 Å². The zero-order valence-electron chi connectivity index (χ0n) is 21.3. The van der Waals surface area contributed by atoms with Gasteiger partial charge >= 0.3 is 5.97 Å². The third-order valence-electron chi connectivity index (χ3n) is 7.55. The van der Waals surface area contributed by atoms with E-state index in [2.05, 4.69) is 13.8 Å². The summed E-state index contributed by atoms with van der Waals surface area (Å²) in [5.41, 5.74) is 2.86. The predicted molar refractivity (Wildman–Crippen MR) is 137 cm³/mol. The first-order valence-electron chi connectivity index (χ1n) is 13.2. The summed E-state index contributed by atoms with van der Waals surface area (Å²) in [4.78, 5) is 30.1. The third-order valence-corrected chi connectivity index (χ3v) is 7.55. The number of carbonyl (C=O) groups excluding carboxylic acids is 1. The fourth-order valence-electron chi connectivity index (χ4n) is 5.61. The number of ether oxygens (including phenoxy) is 1. The highest BCUT2D eigenvalue weighted by Crippen LogP contribution is 2.47. The van der Waals surface area contributed by atoms with Crippen molar-refractivity contribution >= 4 is 11.9 Å². The van der Waals surface area contributed by atoms with Crippen molar-refractivity contribution in [3.05, 3.63) is 70.8 Å². The molecule has 0 spiro atoms. The maximum absolute atomic E-state index is 13.7. The van der Waals surface area contributed by atoms with Gasteiger partial charge in [-0.25, -0.2) is 4.39 Å². The van der Waals surface area contributed by atoms with Gasteiger partial charge in [-0.05, 0) is 54.7 Å². The SMILES string of the molecule is CCCCN(CCCC)C(=O)CN1C[C@H](C2=CC=C3OCC=C3C2)[C@H](C(=O)O)[C@H]1c1ccc(F)cc1. The zero-order chi connectivity index (χ0) is 25.7. The Kier molecular flexibility index (Phi) is 8.62. The highest BCUT2D eigenvalue weighted by Gasteiger charge is 2.49. The van der Waals surface area contributed by atoms with Gasteiger partial charge in [-0.2, -0.15) is 0 Å². The fourth-order valence-corrected chi connectivity index (χ4v) is 5.61. The Morgan fingerprint density at radius 1 is 1.11 bits per heavy atom. The second kappa shape index (κ2) is 11.9. The Morgan fingerprint density at radius 3 is 2.44 bits per heavy atom. The van der Waals surface area contributed by atoms with Gasteiger partial charge in [-0.15, -0.1) is 0 Å². The van der Waals surface area contributed by atoms with E-state index in [4.69, 9.17) is 4.74 Å². The second-order valence-electron chi connectivity index (χ2n) is 9.97. The van der Waals surface area contributed by atoms with E-state index in [1.807, 2.05) is 28.0 Å². The van der Waals surface area contributed by atoms with Crippen molar-refractivity contribution in [2.75, 3.05) is 32.8 Å². The van der Waals surface area contributed by atoms with E-state index in [-0.39, 0.29) is 24.2 Å². The molecule has 194 valence electrons. The van der Waals surface area contributed by atoms with E-state index in [1.165, 1.54) is 12.1 Å². The lowest BCUT2D eigenvalue weighted by molar-refractivity contribution is -0.144. The maximum atomic E-state index is 13.7. The third kappa shape index (κ3) is 5.72. The molecule has 0 bridgehead atoms. The van der Waals surface area contributed by atoms with E-state index in [9.17, 15) is 19.1 Å². The molecule has 1 aromatic rings. The molecule has 0 aromatic heterocycles. The standard InChI is InChI=1S/C29H37FN2O4/c1-3-5-14-31(15-6-4-2)26(33)19-32-18-24(21-9-12-25-22(17-21)13-16-36-25)27(29(34)35)28(32)20-7-10-23(30)11-8-20/h7-13,24,27-28H,3-6,14-19H2,1-2H3,(H,34,35)/t24-,27+,28-/m1/s1. The first kappa shape index (κ1) is 26.1. The molecule has 1 aliphatic carbocycles. The number of halogens is 1. The van der Waals surface area contributed by atoms with Crippen LogP contribution in [0, 0.1) is 17.7 Å². The summed E-state index contributed by atoms with van der Waals surface area (Å²) in [6.45, 7) is 6.79. The Labute approximate surface area is 213 Å². The zero-order valence-corrected chi connectivity index (χ0v) is 21.3. The van der Waals surface area contributed by atoms with Gasteiger partial charge < -0.3 is 14.7 Å². The van der Waals surface area contributed by atoms with Crippen molar-refractivity contribution in [1.82, 2.24) is 9.80 Å². The number of benzene rings is 1. The topological polar surface area (TPSA) is 70.1 Å². The number of likely N-dealkylation sites (tertiary alicyclic amines) is 1. The Balaban J connectivity index is 1.64. The number of amides is 1. The van der Waals surface area contributed by atoms with Crippen molar-refractivity contribution in [3.63, 3.8) is 0 Å². The van der Waals surface area contributed by atoms with E-state index in [0.717, 1.165) is 48.2 Å². The minimum Gasteiger partial charge on any atom is -0.489 e. The van der Waals surface area contributed by atoms with E-state index < -0.39 is 17.9 Å². The number of nitrogens with zero attached hydrogens (tertiary/aromatic N) is 2. The van der Waals surface area contributed by atoms with Gasteiger partial charge in [0, 0.05) is 31.6 Å². The van der Waals surface area contributed by atoms with Crippen LogP contribution in [0.3, 0.4) is 0 Å². The number of carboxylic acid groups (broad SMARTS) is 1. The van der Waals surface area contributed by atoms with Crippen molar-refractivity contribution in [3.8, 4) is 0 Å². The first-order chi connectivity index (χ1) is 17.4. The molecule has 1 amide bonds. The average Bonchev–Trinajstić information content (AvgIpc) is 3.49. The molecule has 1 fully saturated rings. The summed E-state index contributed by atoms with van der Waals surface area (Å²) < 4.78 is 19.4. The van der Waals surface area contributed by atoms with Crippen LogP contribution in [0.15, 0.2) is 59.4 Å². The largest absolute Gasteiger partial charge is 0.489 e. The summed E-state index contributed by atoms with van der Waals surface area (Å²) in [7, 11) is 0. The van der Waals surface area contributed by atoms with Gasteiger partial charge in [0.1, 0.15) is 18.2 Å². The van der Waals surface area contributed by atoms with Gasteiger partial charge in [0.15, 0.2) is 0 Å². The van der Waals surface area contributed by atoms with Crippen molar-refractivity contribution in [2.45, 2.75) is 52.0 Å². The van der Waals surface area contributed by atoms with Gasteiger partial charge in [-0.1, -0.05) is 50.5 Å². The van der Waals surface area contributed by atoms with Gasteiger partial charge in [0.25, 0.3) is 0 Å². The molecule has 3 aliphatic rings. The molecule has 36 heavy (non-hydrogen) atoms. The van der Waals surface area contributed by atoms with Gasteiger partial charge in [0.05, 0.1) is 12.5 Å². The number of hydrogen-bond acceptors (Lipinski definition) is 4. The van der Waals surface area contributed by atoms with Crippen LogP contribution >= 0.6 is 0 Å². The molecule has 4 rings (SSSR count). The minimum absolute atomic E-state index is 0.0282. The molecule has 6 nitrogen and oxygen atoms in total. The van der Waals surface area contributed by atoms with Crippen LogP contribution in [-0.2, 0) is 14.3 Å². The summed E-state index contributed by atoms with van der Waals surface area (Å²) in [6, 6.07) is 5.53. The molecule has 2 heterocycles. The summed E-state index contributed by atoms with van der Waals surface area (Å²) >= 11 is 0. The summed E-state index contributed by atoms with van der Waals surface area (Å²) in [5, 5.41) is 10.4. The average molecular weight is 497 g/mol. The van der Waals surface area contributed by atoms with E-state index in [0.29, 0.717) is 32.7 Å². The molecule has 1 aromatic carbocycles. The van der Waals surface area contributed by atoms with Crippen LogP contribution in [0.4, 0.5) is 4.39 Å². The molecule has 0 unspecified atom stereocenters. The van der Waals surface area contributed by atoms with Crippen molar-refractivity contribution in [1.29, 1.82) is 0 Å². The number of carbonyl (C=O) groups is 2. The molecular weight excluding hydrogens is 459 g/mol. The van der Waals surface area contributed by atoms with Crippen LogP contribution in [0.25, 0.3) is 0 Å². The van der Waals surface area contributed by atoms with Crippen LogP contribution in [0.2, 0.25) is 0 Å². The van der Waals surface area contributed by atoms with Gasteiger partial charge in [-0.3, -0.25) is 14.5 Å². The normalized spacial score (nSPS) is 23.4. The Hall–Kier alpha value is -2.93.